The van der Waals surface area contributed by atoms with Gasteiger partial charge in [0.25, 0.3) is 0 Å². The Morgan fingerprint density at radius 2 is 1.91 bits per heavy atom. The van der Waals surface area contributed by atoms with E-state index in [4.69, 9.17) is 4.74 Å². The third kappa shape index (κ3) is 3.81. The molecule has 3 saturated heterocycles. The number of carbonyl (C=O) groups excluding carboxylic acids is 3. The molecule has 3 heterocycles. The van der Waals surface area contributed by atoms with Gasteiger partial charge in [-0.3, -0.25) is 14.4 Å². The second kappa shape index (κ2) is 9.30. The van der Waals surface area contributed by atoms with Gasteiger partial charge in [-0.25, -0.2) is 0 Å². The van der Waals surface area contributed by atoms with Crippen molar-refractivity contribution in [3.8, 4) is 0 Å². The van der Waals surface area contributed by atoms with E-state index in [1.165, 1.54) is 4.90 Å². The topological polar surface area (TPSA) is 108 Å². The monoisotopic (exact) mass is 471 g/mol. The number of likely N-dealkylation sites (tertiary alicyclic amines) is 1. The summed E-state index contributed by atoms with van der Waals surface area (Å²) in [5, 5.41) is 16.1. The zero-order valence-corrected chi connectivity index (χ0v) is 20.5. The summed E-state index contributed by atoms with van der Waals surface area (Å²) in [5.41, 5.74) is -1.26. The summed E-state index contributed by atoms with van der Waals surface area (Å²) in [4.78, 5) is 42.7. The highest BCUT2D eigenvalue weighted by Gasteiger charge is 2.78. The molecule has 1 aromatic rings. The van der Waals surface area contributed by atoms with Gasteiger partial charge in [0.05, 0.1) is 30.1 Å². The number of aliphatic hydroxyl groups excluding tert-OH is 1. The Hall–Kier alpha value is -2.45. The molecular formula is C26H37N3O5. The van der Waals surface area contributed by atoms with Gasteiger partial charge in [-0.2, -0.15) is 0 Å². The van der Waals surface area contributed by atoms with E-state index in [2.05, 4.69) is 17.6 Å². The number of benzene rings is 1. The Morgan fingerprint density at radius 3 is 2.53 bits per heavy atom. The molecule has 1 spiro atoms. The number of nitrogens with one attached hydrogen (secondary N) is 2. The van der Waals surface area contributed by atoms with Crippen LogP contribution in [0.1, 0.15) is 59.8 Å². The van der Waals surface area contributed by atoms with Crippen LogP contribution in [0.15, 0.2) is 30.3 Å². The number of rotatable bonds is 9. The van der Waals surface area contributed by atoms with E-state index in [9.17, 15) is 19.5 Å². The average Bonchev–Trinajstić information content (AvgIpc) is 3.36. The van der Waals surface area contributed by atoms with Crippen molar-refractivity contribution in [2.24, 2.45) is 11.8 Å². The van der Waals surface area contributed by atoms with Gasteiger partial charge in [-0.05, 0) is 51.7 Å². The van der Waals surface area contributed by atoms with E-state index in [-0.39, 0.29) is 30.4 Å². The summed E-state index contributed by atoms with van der Waals surface area (Å²) in [7, 11) is 0. The van der Waals surface area contributed by atoms with Crippen LogP contribution >= 0.6 is 0 Å². The zero-order chi connectivity index (χ0) is 24.7. The lowest BCUT2D eigenvalue weighted by molar-refractivity contribution is -0.149. The summed E-state index contributed by atoms with van der Waals surface area (Å²) in [6.07, 6.45) is 3.35. The minimum atomic E-state index is -1.08. The summed E-state index contributed by atoms with van der Waals surface area (Å²) in [6.45, 7) is 7.52. The number of aliphatic hydroxyl groups is 1. The number of fused-ring (bicyclic) bond motifs is 1. The zero-order valence-electron chi connectivity index (χ0n) is 20.5. The van der Waals surface area contributed by atoms with Crippen molar-refractivity contribution in [2.45, 2.75) is 89.1 Å². The predicted octanol–water partition coefficient (Wildman–Crippen LogP) is 2.47. The Kier molecular flexibility index (Phi) is 6.75. The maximum Gasteiger partial charge on any atom is 0.246 e. The maximum atomic E-state index is 13.9. The first-order valence-corrected chi connectivity index (χ1v) is 12.5. The van der Waals surface area contributed by atoms with Gasteiger partial charge in [0, 0.05) is 11.7 Å². The molecule has 3 amide bonds. The molecule has 3 fully saturated rings. The van der Waals surface area contributed by atoms with E-state index in [1.54, 1.807) is 12.1 Å². The highest BCUT2D eigenvalue weighted by molar-refractivity contribution is 6.02. The third-order valence-corrected chi connectivity index (χ3v) is 7.97. The quantitative estimate of drug-likeness (QED) is 0.513. The van der Waals surface area contributed by atoms with Crippen LogP contribution in [-0.4, -0.2) is 63.7 Å². The molecule has 4 rings (SSSR count). The fourth-order valence-electron chi connectivity index (χ4n) is 6.44. The number of nitrogens with zero attached hydrogens (tertiary/aromatic N) is 1. The van der Waals surface area contributed by atoms with Crippen molar-refractivity contribution in [2.75, 3.05) is 11.9 Å². The first kappa shape index (κ1) is 24.7. The van der Waals surface area contributed by atoms with E-state index < -0.39 is 35.1 Å². The molecule has 3 N–H and O–H groups in total. The molecule has 2 bridgehead atoms. The molecule has 7 atom stereocenters. The fraction of sp³-hybridized carbons (Fsp3) is 0.654. The SMILES string of the molecule is CCCC(C)NC(=O)C1N([C@@H](CC)CO)C(=O)[C@@H]2[C@H](C(=O)Nc3ccccc3)[C@]3(C)CCC12O3. The standard InChI is InChI=1S/C26H37N3O5/c1-5-10-16(3)27-23(32)21-26-14-13-25(4,34-26)19(22(31)28-17-11-8-7-9-12-17)20(26)24(33)29(21)18(6-2)15-30/h7-9,11-12,16,18-21,30H,5-6,10,13-15H2,1-4H3,(H,27,32)(H,28,31)/t16?,18-,19+,20-,21?,25-,26?/m0/s1. The third-order valence-electron chi connectivity index (χ3n) is 7.97. The average molecular weight is 472 g/mol. The number of amides is 3. The molecule has 34 heavy (non-hydrogen) atoms. The van der Waals surface area contributed by atoms with Crippen LogP contribution in [0, 0.1) is 11.8 Å². The molecule has 8 heteroatoms. The number of carbonyl (C=O) groups is 3. The van der Waals surface area contributed by atoms with Gasteiger partial charge in [-0.15, -0.1) is 0 Å². The van der Waals surface area contributed by atoms with Gasteiger partial charge in [0.15, 0.2) is 0 Å². The van der Waals surface area contributed by atoms with E-state index in [0.717, 1.165) is 12.8 Å². The molecule has 186 valence electrons. The Labute approximate surface area is 201 Å². The maximum absolute atomic E-state index is 13.9. The van der Waals surface area contributed by atoms with Gasteiger partial charge >= 0.3 is 0 Å². The molecule has 0 aromatic heterocycles. The van der Waals surface area contributed by atoms with Crippen molar-refractivity contribution in [1.29, 1.82) is 0 Å². The van der Waals surface area contributed by atoms with Crippen molar-refractivity contribution >= 4 is 23.4 Å². The molecule has 8 nitrogen and oxygen atoms in total. The summed E-state index contributed by atoms with van der Waals surface area (Å²) >= 11 is 0. The van der Waals surface area contributed by atoms with E-state index in [1.807, 2.05) is 39.0 Å². The lowest BCUT2D eigenvalue weighted by Gasteiger charge is -2.37. The van der Waals surface area contributed by atoms with Gasteiger partial charge in [-0.1, -0.05) is 38.5 Å². The molecule has 3 unspecified atom stereocenters. The van der Waals surface area contributed by atoms with Crippen molar-refractivity contribution in [3.63, 3.8) is 0 Å². The molecule has 0 saturated carbocycles. The van der Waals surface area contributed by atoms with Crippen molar-refractivity contribution < 1.29 is 24.2 Å². The highest BCUT2D eigenvalue weighted by Crippen LogP contribution is 2.63. The first-order valence-electron chi connectivity index (χ1n) is 12.5. The Bertz CT molecular complexity index is 936. The van der Waals surface area contributed by atoms with Crippen LogP contribution in [0.4, 0.5) is 5.69 Å². The van der Waals surface area contributed by atoms with Crippen LogP contribution in [-0.2, 0) is 19.1 Å². The molecule has 0 radical (unpaired) electrons. The van der Waals surface area contributed by atoms with Crippen LogP contribution in [0.25, 0.3) is 0 Å². The fourth-order valence-corrected chi connectivity index (χ4v) is 6.44. The normalized spacial score (nSPS) is 33.5. The van der Waals surface area contributed by atoms with E-state index >= 15 is 0 Å². The predicted molar refractivity (Wildman–Crippen MR) is 128 cm³/mol. The number of para-hydroxylation sites is 1. The Morgan fingerprint density at radius 1 is 1.21 bits per heavy atom. The number of hydrogen-bond donors (Lipinski definition) is 3. The van der Waals surface area contributed by atoms with Gasteiger partial charge in [0.1, 0.15) is 11.6 Å². The van der Waals surface area contributed by atoms with Crippen LogP contribution < -0.4 is 10.6 Å². The largest absolute Gasteiger partial charge is 0.394 e. The van der Waals surface area contributed by atoms with Gasteiger partial charge < -0.3 is 25.4 Å². The smallest absolute Gasteiger partial charge is 0.246 e. The molecule has 0 aliphatic carbocycles. The first-order chi connectivity index (χ1) is 16.2. The van der Waals surface area contributed by atoms with Crippen LogP contribution in [0.2, 0.25) is 0 Å². The van der Waals surface area contributed by atoms with Crippen molar-refractivity contribution in [1.82, 2.24) is 10.2 Å². The van der Waals surface area contributed by atoms with Crippen LogP contribution in [0.3, 0.4) is 0 Å². The van der Waals surface area contributed by atoms with E-state index in [0.29, 0.717) is 24.9 Å². The number of hydrogen-bond acceptors (Lipinski definition) is 5. The highest BCUT2D eigenvalue weighted by atomic mass is 16.5. The number of ether oxygens (including phenoxy) is 1. The van der Waals surface area contributed by atoms with Gasteiger partial charge in [0.2, 0.25) is 17.7 Å². The molecule has 1 aromatic carbocycles. The second-order valence-corrected chi connectivity index (χ2v) is 10.3. The van der Waals surface area contributed by atoms with Crippen molar-refractivity contribution in [3.05, 3.63) is 30.3 Å². The lowest BCUT2D eigenvalue weighted by Crippen LogP contribution is -2.59. The molecule has 3 aliphatic rings. The number of anilines is 1. The summed E-state index contributed by atoms with van der Waals surface area (Å²) in [6, 6.07) is 7.70. The van der Waals surface area contributed by atoms with Crippen LogP contribution in [0.5, 0.6) is 0 Å². The minimum Gasteiger partial charge on any atom is -0.394 e. The summed E-state index contributed by atoms with van der Waals surface area (Å²) < 4.78 is 6.59. The minimum absolute atomic E-state index is 0.0505. The molecule has 3 aliphatic heterocycles. The Balaban J connectivity index is 1.72. The summed E-state index contributed by atoms with van der Waals surface area (Å²) in [5.74, 6) is -2.31. The second-order valence-electron chi connectivity index (χ2n) is 10.3. The molecular weight excluding hydrogens is 434 g/mol. The lowest BCUT2D eigenvalue weighted by atomic mass is 9.66.